The van der Waals surface area contributed by atoms with Gasteiger partial charge in [0.05, 0.1) is 17.5 Å². The fourth-order valence-corrected chi connectivity index (χ4v) is 2.69. The lowest BCUT2D eigenvalue weighted by molar-refractivity contribution is 0.00521. The van der Waals surface area contributed by atoms with E-state index in [4.69, 9.17) is 10.5 Å². The second-order valence-electron chi connectivity index (χ2n) is 5.59. The Labute approximate surface area is 122 Å². The molecule has 0 aromatic carbocycles. The average molecular weight is 280 g/mol. The zero-order valence-electron chi connectivity index (χ0n) is 12.8. The third kappa shape index (κ3) is 4.30. The normalized spacial score (nSPS) is 17.8. The number of piperidine rings is 1. The third-order valence-electron chi connectivity index (χ3n) is 4.01. The van der Waals surface area contributed by atoms with Gasteiger partial charge in [-0.2, -0.15) is 5.10 Å². The van der Waals surface area contributed by atoms with Crippen molar-refractivity contribution in [1.29, 1.82) is 0 Å². The smallest absolute Gasteiger partial charge is 0.0625 e. The number of nitrogens with zero attached hydrogens (tertiary/aromatic N) is 3. The maximum Gasteiger partial charge on any atom is 0.0625 e. The number of hydrogen-bond acceptors (Lipinski definition) is 4. The second-order valence-corrected chi connectivity index (χ2v) is 5.59. The first-order chi connectivity index (χ1) is 9.72. The Morgan fingerprint density at radius 3 is 2.75 bits per heavy atom. The van der Waals surface area contributed by atoms with Gasteiger partial charge in [0.25, 0.3) is 0 Å². The largest absolute Gasteiger partial charge is 0.378 e. The van der Waals surface area contributed by atoms with Crippen molar-refractivity contribution in [2.45, 2.75) is 45.3 Å². The molecular formula is C15H28N4O. The Bertz CT molecular complexity index is 397. The van der Waals surface area contributed by atoms with E-state index in [-0.39, 0.29) is 0 Å². The Balaban J connectivity index is 1.75. The highest BCUT2D eigenvalue weighted by molar-refractivity contribution is 5.10. The maximum absolute atomic E-state index is 5.84. The first-order valence-electron chi connectivity index (χ1n) is 7.78. The van der Waals surface area contributed by atoms with E-state index in [0.29, 0.717) is 6.10 Å². The topological polar surface area (TPSA) is 56.3 Å². The number of hydrogen-bond donors (Lipinski definition) is 1. The minimum Gasteiger partial charge on any atom is -0.378 e. The molecule has 0 saturated carbocycles. The third-order valence-corrected chi connectivity index (χ3v) is 4.01. The fourth-order valence-electron chi connectivity index (χ4n) is 2.69. The van der Waals surface area contributed by atoms with E-state index in [0.717, 1.165) is 58.5 Å². The molecule has 0 aliphatic carbocycles. The van der Waals surface area contributed by atoms with E-state index in [1.807, 2.05) is 11.7 Å². The molecule has 2 rings (SSSR count). The van der Waals surface area contributed by atoms with Crippen LogP contribution in [0.5, 0.6) is 0 Å². The summed E-state index contributed by atoms with van der Waals surface area (Å²) in [7, 11) is 2.04. The minimum atomic E-state index is 0.426. The fraction of sp³-hybridized carbons (Fsp3) is 0.800. The predicted octanol–water partition coefficient (Wildman–Crippen LogP) is 1.31. The van der Waals surface area contributed by atoms with Crippen LogP contribution >= 0.6 is 0 Å². The highest BCUT2D eigenvalue weighted by Gasteiger charge is 2.20. The van der Waals surface area contributed by atoms with Crippen molar-refractivity contribution in [1.82, 2.24) is 14.7 Å². The van der Waals surface area contributed by atoms with Gasteiger partial charge in [0.2, 0.25) is 0 Å². The van der Waals surface area contributed by atoms with Crippen LogP contribution in [0.15, 0.2) is 6.07 Å². The van der Waals surface area contributed by atoms with Crippen LogP contribution in [-0.4, -0.2) is 47.0 Å². The van der Waals surface area contributed by atoms with Crippen molar-refractivity contribution in [3.05, 3.63) is 17.5 Å². The predicted molar refractivity (Wildman–Crippen MR) is 80.5 cm³/mol. The summed E-state index contributed by atoms with van der Waals surface area (Å²) in [6.07, 6.45) is 4.65. The molecule has 5 heteroatoms. The number of likely N-dealkylation sites (tertiary alicyclic amines) is 1. The summed E-state index contributed by atoms with van der Waals surface area (Å²) in [6.45, 7) is 6.90. The molecule has 1 aliphatic heterocycles. The molecule has 0 radical (unpaired) electrons. The summed E-state index contributed by atoms with van der Waals surface area (Å²) >= 11 is 0. The molecule has 1 saturated heterocycles. The van der Waals surface area contributed by atoms with Gasteiger partial charge in [-0.1, -0.05) is 6.92 Å². The molecule has 0 amide bonds. The van der Waals surface area contributed by atoms with Gasteiger partial charge in [-0.05, 0) is 38.3 Å². The van der Waals surface area contributed by atoms with E-state index in [1.54, 1.807) is 0 Å². The summed E-state index contributed by atoms with van der Waals surface area (Å²) in [5.41, 5.74) is 7.98. The molecule has 1 aliphatic rings. The average Bonchev–Trinajstić information content (AvgIpc) is 2.82. The van der Waals surface area contributed by atoms with E-state index in [2.05, 4.69) is 23.0 Å². The van der Waals surface area contributed by atoms with Gasteiger partial charge in [-0.15, -0.1) is 0 Å². The van der Waals surface area contributed by atoms with Crippen molar-refractivity contribution >= 4 is 0 Å². The van der Waals surface area contributed by atoms with Crippen molar-refractivity contribution in [2.75, 3.05) is 26.2 Å². The van der Waals surface area contributed by atoms with Gasteiger partial charge in [0, 0.05) is 33.3 Å². The standard InChI is InChI=1S/C15H28N4O/c1-3-13-11-14(18(2)17-13)12-19-8-5-15(6-9-19)20-10-4-7-16/h11,15H,3-10,12,16H2,1-2H3. The van der Waals surface area contributed by atoms with Crippen molar-refractivity contribution < 1.29 is 4.74 Å². The molecule has 0 bridgehead atoms. The summed E-state index contributed by atoms with van der Waals surface area (Å²) in [5, 5.41) is 4.51. The minimum absolute atomic E-state index is 0.426. The zero-order valence-corrected chi connectivity index (χ0v) is 12.8. The second kappa shape index (κ2) is 7.76. The molecule has 1 aromatic heterocycles. The quantitative estimate of drug-likeness (QED) is 0.765. The molecule has 2 heterocycles. The van der Waals surface area contributed by atoms with Crippen molar-refractivity contribution in [3.8, 4) is 0 Å². The molecular weight excluding hydrogens is 252 g/mol. The molecule has 0 spiro atoms. The van der Waals surface area contributed by atoms with Gasteiger partial charge in [0.1, 0.15) is 0 Å². The van der Waals surface area contributed by atoms with Crippen LogP contribution < -0.4 is 5.73 Å². The Kier molecular flexibility index (Phi) is 6.01. The summed E-state index contributed by atoms with van der Waals surface area (Å²) in [4.78, 5) is 2.50. The number of ether oxygens (including phenoxy) is 1. The molecule has 5 nitrogen and oxygen atoms in total. The lowest BCUT2D eigenvalue weighted by Crippen LogP contribution is -2.37. The number of aryl methyl sites for hydroxylation is 2. The summed E-state index contributed by atoms with van der Waals surface area (Å²) in [6, 6.07) is 2.23. The van der Waals surface area contributed by atoms with Gasteiger partial charge in [0.15, 0.2) is 0 Å². The van der Waals surface area contributed by atoms with Crippen LogP contribution in [0, 0.1) is 0 Å². The highest BCUT2D eigenvalue weighted by atomic mass is 16.5. The first-order valence-corrected chi connectivity index (χ1v) is 7.78. The molecule has 0 unspecified atom stereocenters. The van der Waals surface area contributed by atoms with E-state index in [9.17, 15) is 0 Å². The number of aromatic nitrogens is 2. The number of rotatable bonds is 7. The van der Waals surface area contributed by atoms with Crippen LogP contribution in [0.3, 0.4) is 0 Å². The number of nitrogens with two attached hydrogens (primary N) is 1. The van der Waals surface area contributed by atoms with Gasteiger partial charge in [-0.25, -0.2) is 0 Å². The molecule has 0 atom stereocenters. The first kappa shape index (κ1) is 15.5. The summed E-state index contributed by atoms with van der Waals surface area (Å²) < 4.78 is 7.86. The molecule has 1 fully saturated rings. The highest BCUT2D eigenvalue weighted by Crippen LogP contribution is 2.16. The monoisotopic (exact) mass is 280 g/mol. The van der Waals surface area contributed by atoms with Gasteiger partial charge < -0.3 is 10.5 Å². The van der Waals surface area contributed by atoms with Crippen molar-refractivity contribution in [3.63, 3.8) is 0 Å². The van der Waals surface area contributed by atoms with Gasteiger partial charge >= 0.3 is 0 Å². The Morgan fingerprint density at radius 1 is 1.40 bits per heavy atom. The van der Waals surface area contributed by atoms with E-state index in [1.165, 1.54) is 11.4 Å². The van der Waals surface area contributed by atoms with Crippen molar-refractivity contribution in [2.24, 2.45) is 12.8 Å². The molecule has 1 aromatic rings. The van der Waals surface area contributed by atoms with Crippen LogP contribution in [0.4, 0.5) is 0 Å². The van der Waals surface area contributed by atoms with Crippen LogP contribution in [0.1, 0.15) is 37.6 Å². The lowest BCUT2D eigenvalue weighted by Gasteiger charge is -2.31. The van der Waals surface area contributed by atoms with Crippen LogP contribution in [-0.2, 0) is 24.8 Å². The SMILES string of the molecule is CCc1cc(CN2CCC(OCCCN)CC2)n(C)n1. The Morgan fingerprint density at radius 2 is 2.15 bits per heavy atom. The zero-order chi connectivity index (χ0) is 14.4. The summed E-state index contributed by atoms with van der Waals surface area (Å²) in [5.74, 6) is 0. The molecule has 114 valence electrons. The van der Waals surface area contributed by atoms with Crippen LogP contribution in [0.25, 0.3) is 0 Å². The molecule has 20 heavy (non-hydrogen) atoms. The lowest BCUT2D eigenvalue weighted by atomic mass is 10.1. The Hall–Kier alpha value is -0.910. The van der Waals surface area contributed by atoms with E-state index < -0.39 is 0 Å². The maximum atomic E-state index is 5.84. The van der Waals surface area contributed by atoms with Crippen LogP contribution in [0.2, 0.25) is 0 Å². The molecule has 2 N–H and O–H groups in total. The van der Waals surface area contributed by atoms with Gasteiger partial charge in [-0.3, -0.25) is 9.58 Å². The van der Waals surface area contributed by atoms with E-state index >= 15 is 0 Å².